The molecule has 0 aliphatic carbocycles. The van der Waals surface area contributed by atoms with E-state index in [4.69, 9.17) is 14.2 Å². The van der Waals surface area contributed by atoms with Crippen LogP contribution in [-0.4, -0.2) is 60.7 Å². The number of nitrogens with zero attached hydrogens (tertiary/aromatic N) is 1. The molecule has 0 bridgehead atoms. The number of rotatable bonds is 11. The molecule has 0 amide bonds. The van der Waals surface area contributed by atoms with Gasteiger partial charge in [-0.1, -0.05) is 74.5 Å². The highest BCUT2D eigenvalue weighted by Crippen LogP contribution is 2.27. The minimum absolute atomic E-state index is 0.0307. The van der Waals surface area contributed by atoms with Crippen LogP contribution in [0, 0.1) is 0 Å². The standard InChI is InChI=1S/C24H33NO4/c1-3-25(4-2)21(15-26)23-24(28-17-20-13-9-6-10-14-20)22(18-29-23)27-16-19-11-7-5-8-12-19/h5-14,21-24,26H,3-4,15-18H2,1-2H3/t21?,22-,23?,24+/m1/s1. The van der Waals surface area contributed by atoms with E-state index < -0.39 is 0 Å². The van der Waals surface area contributed by atoms with E-state index in [0.717, 1.165) is 24.2 Å². The first kappa shape index (κ1) is 21.9. The quantitative estimate of drug-likeness (QED) is 0.629. The van der Waals surface area contributed by atoms with Gasteiger partial charge in [-0.15, -0.1) is 0 Å². The molecule has 0 aromatic heterocycles. The van der Waals surface area contributed by atoms with Crippen LogP contribution < -0.4 is 0 Å². The van der Waals surface area contributed by atoms with E-state index >= 15 is 0 Å². The smallest absolute Gasteiger partial charge is 0.114 e. The van der Waals surface area contributed by atoms with Gasteiger partial charge in [0.2, 0.25) is 0 Å². The molecule has 0 saturated carbocycles. The molecule has 29 heavy (non-hydrogen) atoms. The van der Waals surface area contributed by atoms with Crippen LogP contribution >= 0.6 is 0 Å². The Labute approximate surface area is 174 Å². The Bertz CT molecular complexity index is 693. The molecule has 5 heteroatoms. The van der Waals surface area contributed by atoms with Crippen LogP contribution in [0.1, 0.15) is 25.0 Å². The second kappa shape index (κ2) is 11.4. The first-order chi connectivity index (χ1) is 14.3. The largest absolute Gasteiger partial charge is 0.395 e. The molecular weight excluding hydrogens is 366 g/mol. The van der Waals surface area contributed by atoms with Gasteiger partial charge in [0.1, 0.15) is 18.3 Å². The van der Waals surface area contributed by atoms with Gasteiger partial charge in [0, 0.05) is 0 Å². The van der Waals surface area contributed by atoms with Gasteiger partial charge in [-0.05, 0) is 24.2 Å². The van der Waals surface area contributed by atoms with E-state index in [0.29, 0.717) is 19.8 Å². The third-order valence-electron chi connectivity index (χ3n) is 5.58. The summed E-state index contributed by atoms with van der Waals surface area (Å²) < 4.78 is 18.7. The summed E-state index contributed by atoms with van der Waals surface area (Å²) in [5.74, 6) is 0. The fraction of sp³-hybridized carbons (Fsp3) is 0.500. The molecule has 2 unspecified atom stereocenters. The molecule has 1 fully saturated rings. The van der Waals surface area contributed by atoms with E-state index in [1.165, 1.54) is 0 Å². The summed E-state index contributed by atoms with van der Waals surface area (Å²) >= 11 is 0. The summed E-state index contributed by atoms with van der Waals surface area (Å²) in [5.41, 5.74) is 2.24. The molecule has 2 aromatic carbocycles. The van der Waals surface area contributed by atoms with Gasteiger partial charge in [-0.2, -0.15) is 0 Å². The first-order valence-electron chi connectivity index (χ1n) is 10.5. The number of hydrogen-bond acceptors (Lipinski definition) is 5. The molecule has 0 radical (unpaired) electrons. The highest BCUT2D eigenvalue weighted by atomic mass is 16.6. The van der Waals surface area contributed by atoms with Crippen molar-refractivity contribution in [3.63, 3.8) is 0 Å². The number of aliphatic hydroxyl groups excluding tert-OH is 1. The van der Waals surface area contributed by atoms with Crippen molar-refractivity contribution in [1.82, 2.24) is 4.90 Å². The van der Waals surface area contributed by atoms with Crippen LogP contribution in [0.2, 0.25) is 0 Å². The SMILES string of the molecule is CCN(CC)C(CO)C1OC[C@@H](OCc2ccccc2)[C@@H]1OCc1ccccc1. The Hall–Kier alpha value is -1.76. The third-order valence-corrected chi connectivity index (χ3v) is 5.58. The van der Waals surface area contributed by atoms with Crippen molar-refractivity contribution in [3.8, 4) is 0 Å². The van der Waals surface area contributed by atoms with Gasteiger partial charge in [0.25, 0.3) is 0 Å². The molecule has 3 rings (SSSR count). The van der Waals surface area contributed by atoms with Crippen molar-refractivity contribution in [3.05, 3.63) is 71.8 Å². The Morgan fingerprint density at radius 3 is 2.00 bits per heavy atom. The summed E-state index contributed by atoms with van der Waals surface area (Å²) in [5, 5.41) is 10.1. The first-order valence-corrected chi connectivity index (χ1v) is 10.5. The Balaban J connectivity index is 1.71. The molecule has 1 aliphatic rings. The fourth-order valence-electron chi connectivity index (χ4n) is 3.95. The van der Waals surface area contributed by atoms with Gasteiger partial charge in [0.15, 0.2) is 0 Å². The lowest BCUT2D eigenvalue weighted by atomic mass is 10.0. The highest BCUT2D eigenvalue weighted by Gasteiger charge is 2.44. The third kappa shape index (κ3) is 5.87. The molecule has 1 saturated heterocycles. The van der Waals surface area contributed by atoms with E-state index in [9.17, 15) is 5.11 Å². The Morgan fingerprint density at radius 2 is 1.48 bits per heavy atom. The highest BCUT2D eigenvalue weighted by molar-refractivity contribution is 5.14. The van der Waals surface area contributed by atoms with Crippen LogP contribution in [0.5, 0.6) is 0 Å². The average Bonchev–Trinajstić information content (AvgIpc) is 3.18. The normalized spacial score (nSPS) is 22.8. The zero-order valence-corrected chi connectivity index (χ0v) is 17.4. The fourth-order valence-corrected chi connectivity index (χ4v) is 3.95. The molecule has 2 aromatic rings. The molecule has 1 N–H and O–H groups in total. The zero-order chi connectivity index (χ0) is 20.5. The number of hydrogen-bond donors (Lipinski definition) is 1. The lowest BCUT2D eigenvalue weighted by Gasteiger charge is -2.35. The number of ether oxygens (including phenoxy) is 3. The van der Waals surface area contributed by atoms with Crippen molar-refractivity contribution < 1.29 is 19.3 Å². The molecule has 4 atom stereocenters. The molecule has 158 valence electrons. The van der Waals surface area contributed by atoms with Gasteiger partial charge < -0.3 is 19.3 Å². The number of likely N-dealkylation sites (N-methyl/N-ethyl adjacent to an activating group) is 1. The van der Waals surface area contributed by atoms with Gasteiger partial charge in [-0.3, -0.25) is 4.90 Å². The number of benzene rings is 2. The van der Waals surface area contributed by atoms with Gasteiger partial charge in [0.05, 0.1) is 32.5 Å². The van der Waals surface area contributed by atoms with Gasteiger partial charge in [-0.25, -0.2) is 0 Å². The molecular formula is C24H33NO4. The predicted octanol–water partition coefficient (Wildman–Crippen LogP) is 3.26. The van der Waals surface area contributed by atoms with E-state index in [1.54, 1.807) is 0 Å². The lowest BCUT2D eigenvalue weighted by molar-refractivity contribution is -0.0951. The summed E-state index contributed by atoms with van der Waals surface area (Å²) in [6.45, 7) is 7.41. The Morgan fingerprint density at radius 1 is 0.931 bits per heavy atom. The van der Waals surface area contributed by atoms with E-state index in [1.807, 2.05) is 36.4 Å². The van der Waals surface area contributed by atoms with E-state index in [2.05, 4.69) is 43.0 Å². The summed E-state index contributed by atoms with van der Waals surface area (Å²) in [7, 11) is 0. The van der Waals surface area contributed by atoms with Crippen LogP contribution in [0.4, 0.5) is 0 Å². The summed E-state index contributed by atoms with van der Waals surface area (Å²) in [4.78, 5) is 2.23. The van der Waals surface area contributed by atoms with Crippen LogP contribution in [0.25, 0.3) is 0 Å². The topological polar surface area (TPSA) is 51.2 Å². The van der Waals surface area contributed by atoms with Crippen molar-refractivity contribution in [2.45, 2.75) is 51.4 Å². The van der Waals surface area contributed by atoms with Crippen molar-refractivity contribution in [1.29, 1.82) is 0 Å². The maximum Gasteiger partial charge on any atom is 0.114 e. The maximum atomic E-state index is 10.1. The number of aliphatic hydroxyl groups is 1. The second-order valence-electron chi connectivity index (χ2n) is 7.37. The molecule has 5 nitrogen and oxygen atoms in total. The monoisotopic (exact) mass is 399 g/mol. The molecule has 1 aliphatic heterocycles. The zero-order valence-electron chi connectivity index (χ0n) is 17.4. The maximum absolute atomic E-state index is 10.1. The van der Waals surface area contributed by atoms with Crippen molar-refractivity contribution >= 4 is 0 Å². The minimum atomic E-state index is -0.239. The second-order valence-corrected chi connectivity index (χ2v) is 7.37. The van der Waals surface area contributed by atoms with E-state index in [-0.39, 0.29) is 31.0 Å². The van der Waals surface area contributed by atoms with Crippen molar-refractivity contribution in [2.75, 3.05) is 26.3 Å². The van der Waals surface area contributed by atoms with Crippen LogP contribution in [0.15, 0.2) is 60.7 Å². The summed E-state index contributed by atoms with van der Waals surface area (Å²) in [6, 6.07) is 20.1. The molecule has 1 heterocycles. The molecule has 0 spiro atoms. The summed E-state index contributed by atoms with van der Waals surface area (Å²) in [6.07, 6.45) is -0.644. The van der Waals surface area contributed by atoms with Gasteiger partial charge >= 0.3 is 0 Å². The van der Waals surface area contributed by atoms with Crippen LogP contribution in [0.3, 0.4) is 0 Å². The predicted molar refractivity (Wildman–Crippen MR) is 114 cm³/mol. The minimum Gasteiger partial charge on any atom is -0.395 e. The average molecular weight is 400 g/mol. The van der Waals surface area contributed by atoms with Crippen molar-refractivity contribution in [2.24, 2.45) is 0 Å². The Kier molecular flexibility index (Phi) is 8.65. The van der Waals surface area contributed by atoms with Crippen LogP contribution in [-0.2, 0) is 27.4 Å². The lowest BCUT2D eigenvalue weighted by Crippen LogP contribution is -2.51.